The molecule has 0 aliphatic carbocycles. The molecule has 0 fully saturated rings. The zero-order valence-corrected chi connectivity index (χ0v) is 14.5. The van der Waals surface area contributed by atoms with E-state index in [0.29, 0.717) is 36.6 Å². The highest BCUT2D eigenvalue weighted by Gasteiger charge is 2.25. The Hall–Kier alpha value is -3.03. The van der Waals surface area contributed by atoms with Gasteiger partial charge in [0.25, 0.3) is 5.91 Å². The normalized spacial score (nSPS) is 13.2. The Balaban J connectivity index is 1.80. The molecule has 1 N–H and O–H groups in total. The van der Waals surface area contributed by atoms with Crippen LogP contribution in [0.25, 0.3) is 0 Å². The Kier molecular flexibility index (Phi) is 4.60. The molecule has 3 rings (SSSR count). The minimum absolute atomic E-state index is 0.0442. The van der Waals surface area contributed by atoms with E-state index in [1.807, 2.05) is 0 Å². The number of nitrogens with one attached hydrogen (secondary N) is 1. The van der Waals surface area contributed by atoms with E-state index in [-0.39, 0.29) is 11.9 Å². The highest BCUT2D eigenvalue weighted by molar-refractivity contribution is 6.05. The summed E-state index contributed by atoms with van der Waals surface area (Å²) in [5.74, 6) is 0.395. The molecule has 2 aromatic heterocycles. The first-order valence-electron chi connectivity index (χ1n) is 7.97. The third-order valence-corrected chi connectivity index (χ3v) is 4.08. The number of fused-ring (bicyclic) bond motifs is 1. The van der Waals surface area contributed by atoms with Gasteiger partial charge in [0, 0.05) is 39.6 Å². The predicted octanol–water partition coefficient (Wildman–Crippen LogP) is 1.47. The number of carbonyl (C=O) groups is 2. The Labute approximate surface area is 145 Å². The second kappa shape index (κ2) is 6.84. The van der Waals surface area contributed by atoms with Crippen LogP contribution in [0, 0.1) is 6.92 Å². The van der Waals surface area contributed by atoms with E-state index in [9.17, 15) is 9.59 Å². The lowest BCUT2D eigenvalue weighted by Crippen LogP contribution is -2.42. The molecule has 0 aromatic carbocycles. The Morgan fingerprint density at radius 2 is 1.88 bits per heavy atom. The van der Waals surface area contributed by atoms with Crippen LogP contribution in [0.1, 0.15) is 27.3 Å². The van der Waals surface area contributed by atoms with E-state index >= 15 is 0 Å². The van der Waals surface area contributed by atoms with Gasteiger partial charge < -0.3 is 15.1 Å². The number of hydrogen-bond acceptors (Lipinski definition) is 5. The molecule has 0 saturated heterocycles. The van der Waals surface area contributed by atoms with Crippen molar-refractivity contribution in [3.8, 4) is 0 Å². The zero-order valence-electron chi connectivity index (χ0n) is 14.5. The van der Waals surface area contributed by atoms with Crippen LogP contribution in [-0.4, -0.2) is 57.3 Å². The Morgan fingerprint density at radius 3 is 2.56 bits per heavy atom. The van der Waals surface area contributed by atoms with Crippen molar-refractivity contribution < 1.29 is 9.59 Å². The zero-order chi connectivity index (χ0) is 18.0. The fourth-order valence-electron chi connectivity index (χ4n) is 2.79. The molecule has 130 valence electrons. The Bertz CT molecular complexity index is 803. The summed E-state index contributed by atoms with van der Waals surface area (Å²) >= 11 is 0. The first kappa shape index (κ1) is 16.8. The van der Waals surface area contributed by atoms with Crippen LogP contribution >= 0.6 is 0 Å². The molecule has 2 aromatic rings. The number of rotatable bonds is 2. The van der Waals surface area contributed by atoms with Crippen LogP contribution in [0.5, 0.6) is 0 Å². The van der Waals surface area contributed by atoms with Gasteiger partial charge in [0.1, 0.15) is 5.82 Å². The molecule has 0 unspecified atom stereocenters. The molecule has 0 radical (unpaired) electrons. The number of nitrogens with zero attached hydrogens (tertiary/aromatic N) is 5. The largest absolute Gasteiger partial charge is 0.331 e. The van der Waals surface area contributed by atoms with E-state index in [1.54, 1.807) is 55.6 Å². The molecular weight excluding hydrogens is 320 g/mol. The van der Waals surface area contributed by atoms with Crippen molar-refractivity contribution in [2.24, 2.45) is 0 Å². The van der Waals surface area contributed by atoms with Gasteiger partial charge >= 0.3 is 6.03 Å². The number of amides is 3. The van der Waals surface area contributed by atoms with Crippen LogP contribution < -0.4 is 5.32 Å². The maximum atomic E-state index is 12.6. The van der Waals surface area contributed by atoms with Crippen molar-refractivity contribution in [1.82, 2.24) is 24.8 Å². The highest BCUT2D eigenvalue weighted by atomic mass is 16.2. The summed E-state index contributed by atoms with van der Waals surface area (Å²) in [4.78, 5) is 40.3. The summed E-state index contributed by atoms with van der Waals surface area (Å²) in [6.07, 6.45) is 7.04. The van der Waals surface area contributed by atoms with Gasteiger partial charge in [0.05, 0.1) is 23.6 Å². The van der Waals surface area contributed by atoms with Gasteiger partial charge in [-0.1, -0.05) is 0 Å². The van der Waals surface area contributed by atoms with Crippen molar-refractivity contribution in [3.05, 3.63) is 47.3 Å². The molecule has 0 saturated carbocycles. The molecule has 25 heavy (non-hydrogen) atoms. The van der Waals surface area contributed by atoms with E-state index in [4.69, 9.17) is 0 Å². The van der Waals surface area contributed by atoms with Crippen molar-refractivity contribution in [2.75, 3.05) is 26.0 Å². The van der Waals surface area contributed by atoms with E-state index in [2.05, 4.69) is 20.3 Å². The fraction of sp³-hybridized carbons (Fsp3) is 0.353. The van der Waals surface area contributed by atoms with Gasteiger partial charge in [-0.05, 0) is 24.5 Å². The number of pyridine rings is 1. The molecule has 0 spiro atoms. The minimum atomic E-state index is -0.246. The molecule has 1 aliphatic rings. The Morgan fingerprint density at radius 1 is 1.16 bits per heavy atom. The highest BCUT2D eigenvalue weighted by Crippen LogP contribution is 2.23. The maximum Gasteiger partial charge on any atom is 0.319 e. The SMILES string of the molecule is Cc1ncc(NC(=O)c2cncc3c2CCN(C(=O)N(C)C)C3)cn1. The van der Waals surface area contributed by atoms with Crippen molar-refractivity contribution in [2.45, 2.75) is 19.9 Å². The second-order valence-electron chi connectivity index (χ2n) is 6.15. The number of hydrogen-bond donors (Lipinski definition) is 1. The number of aryl methyl sites for hydroxylation is 1. The van der Waals surface area contributed by atoms with E-state index in [1.165, 1.54) is 0 Å². The molecule has 3 heterocycles. The third-order valence-electron chi connectivity index (χ3n) is 4.08. The summed E-state index contributed by atoms with van der Waals surface area (Å²) < 4.78 is 0. The lowest BCUT2D eigenvalue weighted by molar-refractivity contribution is 0.102. The number of anilines is 1. The van der Waals surface area contributed by atoms with Crippen molar-refractivity contribution in [3.63, 3.8) is 0 Å². The summed E-state index contributed by atoms with van der Waals surface area (Å²) in [7, 11) is 3.45. The predicted molar refractivity (Wildman–Crippen MR) is 92.2 cm³/mol. The minimum Gasteiger partial charge on any atom is -0.331 e. The average Bonchev–Trinajstić information content (AvgIpc) is 2.61. The molecule has 1 aliphatic heterocycles. The van der Waals surface area contributed by atoms with Gasteiger partial charge in [-0.25, -0.2) is 14.8 Å². The van der Waals surface area contributed by atoms with E-state index in [0.717, 1.165) is 11.1 Å². The lowest BCUT2D eigenvalue weighted by atomic mass is 9.97. The molecule has 0 atom stereocenters. The molecule has 3 amide bonds. The fourth-order valence-corrected chi connectivity index (χ4v) is 2.79. The van der Waals surface area contributed by atoms with Gasteiger partial charge in [-0.15, -0.1) is 0 Å². The smallest absolute Gasteiger partial charge is 0.319 e. The molecule has 8 heteroatoms. The van der Waals surface area contributed by atoms with Crippen LogP contribution in [0.4, 0.5) is 10.5 Å². The van der Waals surface area contributed by atoms with Gasteiger partial charge in [0.15, 0.2) is 0 Å². The summed E-state index contributed by atoms with van der Waals surface area (Å²) in [5, 5.41) is 2.80. The third kappa shape index (κ3) is 3.57. The van der Waals surface area contributed by atoms with Gasteiger partial charge in [-0.2, -0.15) is 0 Å². The van der Waals surface area contributed by atoms with Gasteiger partial charge in [0.2, 0.25) is 0 Å². The topological polar surface area (TPSA) is 91.3 Å². The van der Waals surface area contributed by atoms with Crippen molar-refractivity contribution in [1.29, 1.82) is 0 Å². The standard InChI is InChI=1S/C17H20N6O2/c1-11-19-7-13(8-20-11)21-16(24)15-9-18-6-12-10-23(5-4-14(12)15)17(25)22(2)3/h6-9H,4-5,10H2,1-3H3,(H,21,24). The summed E-state index contributed by atoms with van der Waals surface area (Å²) in [6.45, 7) is 2.81. The summed E-state index contributed by atoms with van der Waals surface area (Å²) in [6, 6.07) is -0.0442. The quantitative estimate of drug-likeness (QED) is 0.894. The molecule has 0 bridgehead atoms. The number of aromatic nitrogens is 3. The first-order valence-corrected chi connectivity index (χ1v) is 7.97. The number of carbonyl (C=O) groups excluding carboxylic acids is 2. The van der Waals surface area contributed by atoms with E-state index < -0.39 is 0 Å². The number of urea groups is 1. The van der Waals surface area contributed by atoms with Gasteiger partial charge in [-0.3, -0.25) is 9.78 Å². The van der Waals surface area contributed by atoms with Crippen LogP contribution in [0.2, 0.25) is 0 Å². The van der Waals surface area contributed by atoms with Crippen LogP contribution in [-0.2, 0) is 13.0 Å². The summed E-state index contributed by atoms with van der Waals surface area (Å²) in [5.41, 5.74) is 2.89. The van der Waals surface area contributed by atoms with Crippen molar-refractivity contribution >= 4 is 17.6 Å². The molecular formula is C17H20N6O2. The second-order valence-corrected chi connectivity index (χ2v) is 6.15. The lowest BCUT2D eigenvalue weighted by Gasteiger charge is -2.31. The average molecular weight is 340 g/mol. The van der Waals surface area contributed by atoms with Crippen LogP contribution in [0.15, 0.2) is 24.8 Å². The maximum absolute atomic E-state index is 12.6. The monoisotopic (exact) mass is 340 g/mol. The first-order chi connectivity index (χ1) is 12.0. The van der Waals surface area contributed by atoms with Crippen LogP contribution in [0.3, 0.4) is 0 Å². The molecule has 8 nitrogen and oxygen atoms in total.